The van der Waals surface area contributed by atoms with Gasteiger partial charge in [-0.3, -0.25) is 9.59 Å². The first-order valence-corrected chi connectivity index (χ1v) is 9.35. The number of carbonyl (C=O) groups is 2. The average Bonchev–Trinajstić information content (AvgIpc) is 2.75. The number of para-hydroxylation sites is 1. The van der Waals surface area contributed by atoms with Crippen molar-refractivity contribution in [2.24, 2.45) is 0 Å². The quantitative estimate of drug-likeness (QED) is 0.348. The smallest absolute Gasteiger partial charge is 0.422 e. The third-order valence-corrected chi connectivity index (χ3v) is 4.46. The van der Waals surface area contributed by atoms with Crippen LogP contribution in [-0.2, 0) is 4.79 Å². The highest BCUT2D eigenvalue weighted by Crippen LogP contribution is 2.34. The van der Waals surface area contributed by atoms with Crippen molar-refractivity contribution in [2.75, 3.05) is 11.9 Å². The van der Waals surface area contributed by atoms with Crippen LogP contribution in [0.1, 0.15) is 10.4 Å². The first kappa shape index (κ1) is 23.1. The number of hydrogen-bond acceptors (Lipinski definition) is 4. The molecule has 0 fully saturated rings. The number of anilines is 1. The van der Waals surface area contributed by atoms with Crippen molar-refractivity contribution in [2.45, 2.75) is 6.18 Å². The van der Waals surface area contributed by atoms with E-state index < -0.39 is 24.5 Å². The minimum Gasteiger partial charge on any atom is -0.484 e. The standard InChI is InChI=1S/C22H14ClF4NO4/c23-17-9-14(13-4-3-5-15(8-13)31-11-22(25,26)27)10-18(24)20(17)28-21(30)16-6-1-2-7-19(16)32-12-29/h1-10,12H,11H2,(H,28,30). The Bertz CT molecular complexity index is 1130. The molecule has 5 nitrogen and oxygen atoms in total. The lowest BCUT2D eigenvalue weighted by atomic mass is 10.0. The van der Waals surface area contributed by atoms with Crippen LogP contribution in [0, 0.1) is 5.82 Å². The SMILES string of the molecule is O=COc1ccccc1C(=O)Nc1c(F)cc(-c2cccc(OCC(F)(F)F)c2)cc1Cl. The van der Waals surface area contributed by atoms with Crippen molar-refractivity contribution in [3.05, 3.63) is 77.1 Å². The fourth-order valence-electron chi connectivity index (χ4n) is 2.78. The Balaban J connectivity index is 1.85. The van der Waals surface area contributed by atoms with Gasteiger partial charge >= 0.3 is 6.18 Å². The summed E-state index contributed by atoms with van der Waals surface area (Å²) in [7, 11) is 0. The molecule has 3 rings (SSSR count). The molecule has 1 N–H and O–H groups in total. The number of amides is 1. The van der Waals surface area contributed by atoms with Crippen molar-refractivity contribution in [3.8, 4) is 22.6 Å². The Morgan fingerprint density at radius 2 is 1.78 bits per heavy atom. The van der Waals surface area contributed by atoms with E-state index in [9.17, 15) is 27.2 Å². The zero-order chi connectivity index (χ0) is 23.3. The van der Waals surface area contributed by atoms with Gasteiger partial charge in [0.15, 0.2) is 6.61 Å². The summed E-state index contributed by atoms with van der Waals surface area (Å²) in [5.41, 5.74) is 0.278. The first-order valence-electron chi connectivity index (χ1n) is 8.97. The lowest BCUT2D eigenvalue weighted by Gasteiger charge is -2.13. The maximum atomic E-state index is 14.8. The molecule has 1 amide bonds. The van der Waals surface area contributed by atoms with Crippen LogP contribution in [0.4, 0.5) is 23.2 Å². The molecule has 3 aromatic rings. The van der Waals surface area contributed by atoms with Gasteiger partial charge in [-0.05, 0) is 47.5 Å². The second-order valence-electron chi connectivity index (χ2n) is 6.41. The van der Waals surface area contributed by atoms with Crippen molar-refractivity contribution < 1.29 is 36.6 Å². The summed E-state index contributed by atoms with van der Waals surface area (Å²) in [5.74, 6) is -1.72. The molecule has 0 radical (unpaired) electrons. The second kappa shape index (κ2) is 9.69. The van der Waals surface area contributed by atoms with Gasteiger partial charge in [0, 0.05) is 0 Å². The summed E-state index contributed by atoms with van der Waals surface area (Å²) in [4.78, 5) is 23.1. The van der Waals surface area contributed by atoms with Gasteiger partial charge < -0.3 is 14.8 Å². The monoisotopic (exact) mass is 467 g/mol. The van der Waals surface area contributed by atoms with E-state index in [1.165, 1.54) is 48.5 Å². The Labute approximate surface area is 184 Å². The lowest BCUT2D eigenvalue weighted by molar-refractivity contribution is -0.153. The van der Waals surface area contributed by atoms with E-state index in [1.54, 1.807) is 6.07 Å². The largest absolute Gasteiger partial charge is 0.484 e. The van der Waals surface area contributed by atoms with Gasteiger partial charge in [-0.1, -0.05) is 35.9 Å². The number of halogens is 5. The molecule has 0 aromatic heterocycles. The van der Waals surface area contributed by atoms with Crippen LogP contribution in [0.25, 0.3) is 11.1 Å². The van der Waals surface area contributed by atoms with Gasteiger partial charge in [0.1, 0.15) is 17.3 Å². The van der Waals surface area contributed by atoms with Crippen LogP contribution >= 0.6 is 11.6 Å². The van der Waals surface area contributed by atoms with Gasteiger partial charge in [-0.2, -0.15) is 13.2 Å². The zero-order valence-corrected chi connectivity index (χ0v) is 16.8. The van der Waals surface area contributed by atoms with Crippen LogP contribution in [0.3, 0.4) is 0 Å². The molecule has 0 aliphatic carbocycles. The molecule has 0 saturated carbocycles. The molecule has 0 aliphatic heterocycles. The molecule has 32 heavy (non-hydrogen) atoms. The van der Waals surface area contributed by atoms with Crippen LogP contribution in [0.5, 0.6) is 11.5 Å². The Hall–Kier alpha value is -3.59. The maximum Gasteiger partial charge on any atom is 0.422 e. The molecule has 3 aromatic carbocycles. The Morgan fingerprint density at radius 3 is 2.47 bits per heavy atom. The summed E-state index contributed by atoms with van der Waals surface area (Å²) in [5, 5.41) is 2.18. The summed E-state index contributed by atoms with van der Waals surface area (Å²) in [6.45, 7) is -1.31. The van der Waals surface area contributed by atoms with Crippen LogP contribution in [0.15, 0.2) is 60.7 Å². The van der Waals surface area contributed by atoms with Crippen LogP contribution < -0.4 is 14.8 Å². The number of carbonyl (C=O) groups excluding carboxylic acids is 2. The second-order valence-corrected chi connectivity index (χ2v) is 6.82. The van der Waals surface area contributed by atoms with E-state index in [1.807, 2.05) is 0 Å². The fraction of sp³-hybridized carbons (Fsp3) is 0.0909. The molecular formula is C22H14ClF4NO4. The summed E-state index contributed by atoms with van der Waals surface area (Å²) in [6.07, 6.45) is -4.50. The highest BCUT2D eigenvalue weighted by molar-refractivity contribution is 6.34. The number of nitrogens with one attached hydrogen (secondary N) is 1. The number of alkyl halides is 3. The van der Waals surface area contributed by atoms with Gasteiger partial charge in [0.2, 0.25) is 0 Å². The Morgan fingerprint density at radius 1 is 1.03 bits per heavy atom. The van der Waals surface area contributed by atoms with E-state index in [4.69, 9.17) is 21.1 Å². The van der Waals surface area contributed by atoms with Crippen LogP contribution in [-0.4, -0.2) is 25.2 Å². The average molecular weight is 468 g/mol. The number of ether oxygens (including phenoxy) is 2. The number of rotatable bonds is 7. The van der Waals surface area contributed by atoms with Gasteiger partial charge in [-0.15, -0.1) is 0 Å². The molecule has 0 spiro atoms. The van der Waals surface area contributed by atoms with Crippen molar-refractivity contribution in [1.82, 2.24) is 0 Å². The third kappa shape index (κ3) is 5.76. The first-order chi connectivity index (χ1) is 15.2. The van der Waals surface area contributed by atoms with E-state index in [0.29, 0.717) is 5.56 Å². The summed E-state index contributed by atoms with van der Waals surface area (Å²) >= 11 is 6.16. The van der Waals surface area contributed by atoms with Gasteiger partial charge in [0.25, 0.3) is 12.4 Å². The number of hydrogen-bond donors (Lipinski definition) is 1. The van der Waals surface area contributed by atoms with E-state index >= 15 is 0 Å². The highest BCUT2D eigenvalue weighted by Gasteiger charge is 2.28. The molecule has 0 bridgehead atoms. The predicted molar refractivity (Wildman–Crippen MR) is 109 cm³/mol. The maximum absolute atomic E-state index is 14.8. The molecule has 0 unspecified atom stereocenters. The van der Waals surface area contributed by atoms with Crippen molar-refractivity contribution in [3.63, 3.8) is 0 Å². The van der Waals surface area contributed by atoms with E-state index in [-0.39, 0.29) is 39.8 Å². The summed E-state index contributed by atoms with van der Waals surface area (Å²) < 4.78 is 61.3. The normalized spacial score (nSPS) is 11.0. The molecular weight excluding hydrogens is 454 g/mol. The molecule has 0 saturated heterocycles. The third-order valence-electron chi connectivity index (χ3n) is 4.16. The van der Waals surface area contributed by atoms with E-state index in [0.717, 1.165) is 6.07 Å². The minimum atomic E-state index is -4.50. The fourth-order valence-corrected chi connectivity index (χ4v) is 3.03. The molecule has 0 atom stereocenters. The summed E-state index contributed by atoms with van der Waals surface area (Å²) in [6, 6.07) is 13.9. The topological polar surface area (TPSA) is 64.6 Å². The molecule has 0 heterocycles. The molecule has 166 valence electrons. The highest BCUT2D eigenvalue weighted by atomic mass is 35.5. The molecule has 10 heteroatoms. The predicted octanol–water partition coefficient (Wildman–Crippen LogP) is 5.87. The van der Waals surface area contributed by atoms with Crippen molar-refractivity contribution in [1.29, 1.82) is 0 Å². The number of benzene rings is 3. The Kier molecular flexibility index (Phi) is 6.99. The van der Waals surface area contributed by atoms with E-state index in [2.05, 4.69) is 5.32 Å². The van der Waals surface area contributed by atoms with Gasteiger partial charge in [0.05, 0.1) is 16.3 Å². The minimum absolute atomic E-state index is 0.0198. The van der Waals surface area contributed by atoms with Crippen molar-refractivity contribution >= 4 is 29.7 Å². The zero-order valence-electron chi connectivity index (χ0n) is 16.1. The van der Waals surface area contributed by atoms with Crippen LogP contribution in [0.2, 0.25) is 5.02 Å². The lowest BCUT2D eigenvalue weighted by Crippen LogP contribution is -2.19. The molecule has 0 aliphatic rings. The van der Waals surface area contributed by atoms with Gasteiger partial charge in [-0.25, -0.2) is 4.39 Å².